The highest BCUT2D eigenvalue weighted by Crippen LogP contribution is 2.30. The second kappa shape index (κ2) is 6.61. The van der Waals surface area contributed by atoms with Crippen LogP contribution in [0.15, 0.2) is 27.9 Å². The molecule has 0 fully saturated rings. The van der Waals surface area contributed by atoms with E-state index in [0.29, 0.717) is 15.7 Å². The van der Waals surface area contributed by atoms with E-state index >= 15 is 0 Å². The molecule has 0 unspecified atom stereocenters. The van der Waals surface area contributed by atoms with Gasteiger partial charge in [-0.15, -0.1) is 11.3 Å². The number of thiazole rings is 1. The van der Waals surface area contributed by atoms with Gasteiger partial charge in [0.2, 0.25) is 5.91 Å². The average Bonchev–Trinajstić information content (AvgIpc) is 2.78. The van der Waals surface area contributed by atoms with Crippen molar-refractivity contribution in [2.75, 3.05) is 11.1 Å². The number of nitrogens with zero attached hydrogens (tertiary/aromatic N) is 1. The molecular formula is C12H10Cl2N2OS2. The lowest BCUT2D eigenvalue weighted by atomic mass is 10.3. The highest BCUT2D eigenvalue weighted by atomic mass is 35.5. The number of aromatic nitrogens is 1. The van der Waals surface area contributed by atoms with Crippen LogP contribution in [-0.2, 0) is 4.79 Å². The van der Waals surface area contributed by atoms with E-state index < -0.39 is 0 Å². The van der Waals surface area contributed by atoms with Crippen LogP contribution < -0.4 is 5.32 Å². The van der Waals surface area contributed by atoms with Gasteiger partial charge in [0.05, 0.1) is 21.5 Å². The molecule has 2 rings (SSSR count). The maximum absolute atomic E-state index is 11.8. The van der Waals surface area contributed by atoms with Gasteiger partial charge in [0.15, 0.2) is 4.34 Å². The number of aryl methyl sites for hydroxylation is 1. The third kappa shape index (κ3) is 4.11. The number of benzene rings is 1. The van der Waals surface area contributed by atoms with Crippen molar-refractivity contribution in [1.82, 2.24) is 4.98 Å². The lowest BCUT2D eigenvalue weighted by Crippen LogP contribution is -2.14. The van der Waals surface area contributed by atoms with E-state index in [0.717, 1.165) is 10.0 Å². The molecule has 1 amide bonds. The summed E-state index contributed by atoms with van der Waals surface area (Å²) in [5.74, 6) is 0.150. The zero-order valence-electron chi connectivity index (χ0n) is 9.94. The van der Waals surface area contributed by atoms with Gasteiger partial charge in [-0.05, 0) is 19.1 Å². The van der Waals surface area contributed by atoms with E-state index in [4.69, 9.17) is 23.2 Å². The highest BCUT2D eigenvalue weighted by molar-refractivity contribution is 8.01. The number of amides is 1. The predicted octanol–water partition coefficient (Wildman–Crippen LogP) is 4.49. The van der Waals surface area contributed by atoms with Gasteiger partial charge in [-0.3, -0.25) is 4.79 Å². The van der Waals surface area contributed by atoms with E-state index in [2.05, 4.69) is 10.3 Å². The van der Waals surface area contributed by atoms with Crippen LogP contribution in [0.4, 0.5) is 5.69 Å². The standard InChI is InChI=1S/C12H10Cl2N2OS2/c1-7-5-18-12(15-7)19-6-10(17)16-9-4-2-3-8(13)11(9)14/h2-5H,6H2,1H3,(H,16,17). The quantitative estimate of drug-likeness (QED) is 0.838. The number of anilines is 1. The SMILES string of the molecule is Cc1csc(SCC(=O)Nc2cccc(Cl)c2Cl)n1. The first-order chi connectivity index (χ1) is 9.06. The number of rotatable bonds is 4. The third-order valence-electron chi connectivity index (χ3n) is 2.15. The molecule has 1 heterocycles. The second-order valence-corrected chi connectivity index (χ2v) is 6.56. The van der Waals surface area contributed by atoms with Crippen LogP contribution in [-0.4, -0.2) is 16.6 Å². The van der Waals surface area contributed by atoms with Crippen molar-refractivity contribution in [2.24, 2.45) is 0 Å². The molecule has 0 bridgehead atoms. The summed E-state index contributed by atoms with van der Waals surface area (Å²) in [5.41, 5.74) is 1.49. The molecule has 0 radical (unpaired) electrons. The number of halogens is 2. The van der Waals surface area contributed by atoms with Gasteiger partial charge in [-0.25, -0.2) is 4.98 Å². The lowest BCUT2D eigenvalue weighted by molar-refractivity contribution is -0.113. The van der Waals surface area contributed by atoms with Crippen LogP contribution in [0, 0.1) is 6.92 Å². The van der Waals surface area contributed by atoms with Gasteiger partial charge in [0.1, 0.15) is 0 Å². The Kier molecular flexibility index (Phi) is 5.10. The molecule has 3 nitrogen and oxygen atoms in total. The van der Waals surface area contributed by atoms with E-state index in [-0.39, 0.29) is 11.7 Å². The van der Waals surface area contributed by atoms with Crippen molar-refractivity contribution in [1.29, 1.82) is 0 Å². The van der Waals surface area contributed by atoms with E-state index in [9.17, 15) is 4.79 Å². The first kappa shape index (κ1) is 14.7. The van der Waals surface area contributed by atoms with Crippen LogP contribution in [0.5, 0.6) is 0 Å². The molecule has 0 aliphatic rings. The van der Waals surface area contributed by atoms with Crippen molar-refractivity contribution >= 4 is 57.9 Å². The molecule has 0 spiro atoms. The molecular weight excluding hydrogens is 323 g/mol. The number of carbonyl (C=O) groups is 1. The molecule has 19 heavy (non-hydrogen) atoms. The van der Waals surface area contributed by atoms with Gasteiger partial charge in [0.25, 0.3) is 0 Å². The number of nitrogens with one attached hydrogen (secondary N) is 1. The highest BCUT2D eigenvalue weighted by Gasteiger charge is 2.09. The van der Waals surface area contributed by atoms with Gasteiger partial charge >= 0.3 is 0 Å². The summed E-state index contributed by atoms with van der Waals surface area (Å²) in [6.45, 7) is 1.92. The molecule has 1 aromatic heterocycles. The Balaban J connectivity index is 1.92. The Labute approximate surface area is 129 Å². The summed E-state index contributed by atoms with van der Waals surface area (Å²) in [7, 11) is 0. The van der Waals surface area contributed by atoms with Crippen LogP contribution in [0.3, 0.4) is 0 Å². The molecule has 0 aliphatic carbocycles. The maximum Gasteiger partial charge on any atom is 0.234 e. The lowest BCUT2D eigenvalue weighted by Gasteiger charge is -2.07. The van der Waals surface area contributed by atoms with Crippen molar-refractivity contribution in [3.8, 4) is 0 Å². The van der Waals surface area contributed by atoms with E-state index in [1.807, 2.05) is 12.3 Å². The van der Waals surface area contributed by atoms with Crippen molar-refractivity contribution < 1.29 is 4.79 Å². The van der Waals surface area contributed by atoms with Gasteiger partial charge in [-0.2, -0.15) is 0 Å². The zero-order chi connectivity index (χ0) is 13.8. The smallest absolute Gasteiger partial charge is 0.234 e. The first-order valence-corrected chi connectivity index (χ1v) is 7.97. The van der Waals surface area contributed by atoms with Crippen LogP contribution >= 0.6 is 46.3 Å². The normalized spacial score (nSPS) is 10.5. The summed E-state index contributed by atoms with van der Waals surface area (Å²) in [4.78, 5) is 16.1. The fourth-order valence-electron chi connectivity index (χ4n) is 1.31. The average molecular weight is 333 g/mol. The second-order valence-electron chi connectivity index (χ2n) is 3.69. The first-order valence-electron chi connectivity index (χ1n) is 5.35. The Bertz CT molecular complexity index is 601. The summed E-state index contributed by atoms with van der Waals surface area (Å²) >= 11 is 14.8. The maximum atomic E-state index is 11.8. The van der Waals surface area contributed by atoms with Crippen LogP contribution in [0.1, 0.15) is 5.69 Å². The van der Waals surface area contributed by atoms with Gasteiger partial charge < -0.3 is 5.32 Å². The molecule has 0 saturated carbocycles. The van der Waals surface area contributed by atoms with E-state index in [1.165, 1.54) is 23.1 Å². The minimum absolute atomic E-state index is 0.137. The zero-order valence-corrected chi connectivity index (χ0v) is 13.1. The van der Waals surface area contributed by atoms with Crippen molar-refractivity contribution in [2.45, 2.75) is 11.3 Å². The van der Waals surface area contributed by atoms with Crippen LogP contribution in [0.2, 0.25) is 10.0 Å². The summed E-state index contributed by atoms with van der Waals surface area (Å²) < 4.78 is 0.879. The van der Waals surface area contributed by atoms with Gasteiger partial charge in [0, 0.05) is 11.1 Å². The summed E-state index contributed by atoms with van der Waals surface area (Å²) in [6.07, 6.45) is 0. The molecule has 0 atom stereocenters. The third-order valence-corrected chi connectivity index (χ3v) is 5.11. The fraction of sp³-hybridized carbons (Fsp3) is 0.167. The molecule has 1 aromatic carbocycles. The van der Waals surface area contributed by atoms with Gasteiger partial charge in [-0.1, -0.05) is 41.0 Å². The fourth-order valence-corrected chi connectivity index (χ4v) is 3.31. The molecule has 1 N–H and O–H groups in total. The largest absolute Gasteiger partial charge is 0.324 e. The number of thioether (sulfide) groups is 1. The molecule has 7 heteroatoms. The van der Waals surface area contributed by atoms with Crippen molar-refractivity contribution in [3.63, 3.8) is 0 Å². The number of hydrogen-bond acceptors (Lipinski definition) is 4. The monoisotopic (exact) mass is 332 g/mol. The Morgan fingerprint density at radius 1 is 1.47 bits per heavy atom. The Hall–Kier alpha value is -0.750. The predicted molar refractivity (Wildman–Crippen MR) is 82.7 cm³/mol. The minimum Gasteiger partial charge on any atom is -0.324 e. The molecule has 2 aromatic rings. The number of carbonyl (C=O) groups excluding carboxylic acids is 1. The van der Waals surface area contributed by atoms with E-state index in [1.54, 1.807) is 18.2 Å². The Morgan fingerprint density at radius 3 is 2.95 bits per heavy atom. The molecule has 0 saturated heterocycles. The molecule has 0 aliphatic heterocycles. The van der Waals surface area contributed by atoms with Crippen molar-refractivity contribution in [3.05, 3.63) is 39.3 Å². The minimum atomic E-state index is -0.137. The topological polar surface area (TPSA) is 42.0 Å². The molecule has 100 valence electrons. The summed E-state index contributed by atoms with van der Waals surface area (Å²) in [6, 6.07) is 5.12. The summed E-state index contributed by atoms with van der Waals surface area (Å²) in [5, 5.41) is 5.45. The van der Waals surface area contributed by atoms with Crippen LogP contribution in [0.25, 0.3) is 0 Å². The Morgan fingerprint density at radius 2 is 2.26 bits per heavy atom. The number of hydrogen-bond donors (Lipinski definition) is 1.